The molecule has 2 rings (SSSR count). The van der Waals surface area contributed by atoms with Crippen LogP contribution in [-0.2, 0) is 6.54 Å². The number of hydrogen-bond donors (Lipinski definition) is 3. The molecule has 1 saturated carbocycles. The number of rotatable bonds is 6. The average molecular weight is 420 g/mol. The Hall–Kier alpha value is -1.25. The summed E-state index contributed by atoms with van der Waals surface area (Å²) in [4.78, 5) is 15.2. The van der Waals surface area contributed by atoms with E-state index in [9.17, 15) is 4.79 Å². The molecule has 124 valence electrons. The third-order valence-corrected chi connectivity index (χ3v) is 4.35. The molecular weight excluding hydrogens is 395 g/mol. The van der Waals surface area contributed by atoms with Gasteiger partial charge in [0.15, 0.2) is 11.7 Å². The Kier molecular flexibility index (Phi) is 7.18. The summed E-state index contributed by atoms with van der Waals surface area (Å²) in [5.74, 6) is 1.01. The number of primary amides is 1. The molecule has 0 saturated heterocycles. The molecule has 22 heavy (non-hydrogen) atoms. The van der Waals surface area contributed by atoms with Gasteiger partial charge in [0.05, 0.1) is 6.54 Å². The molecule has 1 amide bonds. The standard InChI is InChI=1S/C15H24N4O2.HI/c1-3-15(7-4-8-15)10-19-14(17-2)18-9-11-5-6-12(21-11)13(16)20;/h5-6H,3-4,7-10H2,1-2H3,(H2,16,20)(H2,17,18,19);1H. The van der Waals surface area contributed by atoms with Crippen LogP contribution in [-0.4, -0.2) is 25.5 Å². The van der Waals surface area contributed by atoms with Crippen molar-refractivity contribution in [3.8, 4) is 0 Å². The van der Waals surface area contributed by atoms with Crippen molar-refractivity contribution >= 4 is 35.8 Å². The predicted molar refractivity (Wildman–Crippen MR) is 97.4 cm³/mol. The van der Waals surface area contributed by atoms with Gasteiger partial charge >= 0.3 is 0 Å². The minimum Gasteiger partial charge on any atom is -0.454 e. The highest BCUT2D eigenvalue weighted by Gasteiger charge is 2.34. The van der Waals surface area contributed by atoms with Gasteiger partial charge in [0, 0.05) is 13.6 Å². The van der Waals surface area contributed by atoms with Crippen molar-refractivity contribution < 1.29 is 9.21 Å². The summed E-state index contributed by atoms with van der Waals surface area (Å²) < 4.78 is 5.32. The lowest BCUT2D eigenvalue weighted by molar-refractivity contribution is 0.0972. The van der Waals surface area contributed by atoms with Gasteiger partial charge in [-0.15, -0.1) is 24.0 Å². The zero-order chi connectivity index (χ0) is 15.3. The first-order valence-corrected chi connectivity index (χ1v) is 7.41. The molecule has 7 heteroatoms. The number of nitrogens with one attached hydrogen (secondary N) is 2. The van der Waals surface area contributed by atoms with E-state index in [0.29, 0.717) is 17.7 Å². The highest BCUT2D eigenvalue weighted by molar-refractivity contribution is 14.0. The van der Waals surface area contributed by atoms with E-state index in [1.807, 2.05) is 0 Å². The van der Waals surface area contributed by atoms with Crippen LogP contribution >= 0.6 is 24.0 Å². The van der Waals surface area contributed by atoms with Gasteiger partial charge in [-0.3, -0.25) is 9.79 Å². The minimum absolute atomic E-state index is 0. The number of nitrogens with two attached hydrogens (primary N) is 1. The number of nitrogens with zero attached hydrogens (tertiary/aromatic N) is 1. The molecule has 0 atom stereocenters. The van der Waals surface area contributed by atoms with Crippen LogP contribution in [0.5, 0.6) is 0 Å². The topological polar surface area (TPSA) is 92.6 Å². The van der Waals surface area contributed by atoms with Crippen molar-refractivity contribution in [1.29, 1.82) is 0 Å². The Morgan fingerprint density at radius 3 is 2.59 bits per heavy atom. The van der Waals surface area contributed by atoms with E-state index in [0.717, 1.165) is 12.5 Å². The second-order valence-corrected chi connectivity index (χ2v) is 5.62. The number of amides is 1. The van der Waals surface area contributed by atoms with Crippen LogP contribution < -0.4 is 16.4 Å². The number of carbonyl (C=O) groups excluding carboxylic acids is 1. The molecular formula is C15H25IN4O2. The maximum Gasteiger partial charge on any atom is 0.284 e. The lowest BCUT2D eigenvalue weighted by atomic mass is 9.67. The monoisotopic (exact) mass is 420 g/mol. The van der Waals surface area contributed by atoms with E-state index in [1.54, 1.807) is 19.2 Å². The molecule has 1 aliphatic carbocycles. The quantitative estimate of drug-likeness (QED) is 0.374. The van der Waals surface area contributed by atoms with E-state index in [4.69, 9.17) is 10.2 Å². The van der Waals surface area contributed by atoms with Crippen molar-refractivity contribution in [2.75, 3.05) is 13.6 Å². The number of aliphatic imine (C=N–C) groups is 1. The molecule has 0 spiro atoms. The van der Waals surface area contributed by atoms with Gasteiger partial charge in [0.2, 0.25) is 0 Å². The maximum absolute atomic E-state index is 11.0. The van der Waals surface area contributed by atoms with Crippen LogP contribution in [0.1, 0.15) is 48.9 Å². The smallest absolute Gasteiger partial charge is 0.284 e. The summed E-state index contributed by atoms with van der Waals surface area (Å²) in [7, 11) is 1.74. The van der Waals surface area contributed by atoms with Gasteiger partial charge < -0.3 is 20.8 Å². The first-order valence-electron chi connectivity index (χ1n) is 7.41. The van der Waals surface area contributed by atoms with Crippen molar-refractivity contribution in [3.05, 3.63) is 23.7 Å². The fourth-order valence-electron chi connectivity index (χ4n) is 2.60. The van der Waals surface area contributed by atoms with Crippen LogP contribution in [0, 0.1) is 5.41 Å². The third kappa shape index (κ3) is 4.62. The van der Waals surface area contributed by atoms with Gasteiger partial charge in [-0.2, -0.15) is 0 Å². The molecule has 0 aromatic carbocycles. The second kappa shape index (κ2) is 8.40. The molecule has 1 aromatic rings. The first kappa shape index (κ1) is 18.8. The summed E-state index contributed by atoms with van der Waals surface area (Å²) in [6.45, 7) is 3.64. The number of guanidine groups is 1. The van der Waals surface area contributed by atoms with Crippen molar-refractivity contribution in [1.82, 2.24) is 10.6 Å². The predicted octanol–water partition coefficient (Wildman–Crippen LogP) is 2.24. The summed E-state index contributed by atoms with van der Waals surface area (Å²) in [6.07, 6.45) is 5.09. The summed E-state index contributed by atoms with van der Waals surface area (Å²) in [5, 5.41) is 6.54. The summed E-state index contributed by atoms with van der Waals surface area (Å²) >= 11 is 0. The molecule has 0 unspecified atom stereocenters. The van der Waals surface area contributed by atoms with Crippen LogP contribution in [0.3, 0.4) is 0 Å². The van der Waals surface area contributed by atoms with E-state index in [2.05, 4.69) is 22.5 Å². The second-order valence-electron chi connectivity index (χ2n) is 5.62. The highest BCUT2D eigenvalue weighted by Crippen LogP contribution is 2.42. The van der Waals surface area contributed by atoms with Crippen molar-refractivity contribution in [2.45, 2.75) is 39.2 Å². The molecule has 0 radical (unpaired) electrons. The lowest BCUT2D eigenvalue weighted by Gasteiger charge is -2.41. The summed E-state index contributed by atoms with van der Waals surface area (Å²) in [5.41, 5.74) is 5.58. The fourth-order valence-corrected chi connectivity index (χ4v) is 2.60. The Bertz CT molecular complexity index is 518. The normalized spacial score (nSPS) is 16.4. The highest BCUT2D eigenvalue weighted by atomic mass is 127. The van der Waals surface area contributed by atoms with Gasteiger partial charge in [0.1, 0.15) is 5.76 Å². The van der Waals surface area contributed by atoms with Gasteiger partial charge in [-0.25, -0.2) is 0 Å². The zero-order valence-electron chi connectivity index (χ0n) is 13.1. The first-order chi connectivity index (χ1) is 10.1. The average Bonchev–Trinajstić information content (AvgIpc) is 2.90. The van der Waals surface area contributed by atoms with Crippen molar-refractivity contribution in [2.24, 2.45) is 16.1 Å². The lowest BCUT2D eigenvalue weighted by Crippen LogP contribution is -2.46. The van der Waals surface area contributed by atoms with Crippen LogP contribution in [0.4, 0.5) is 0 Å². The summed E-state index contributed by atoms with van der Waals surface area (Å²) in [6, 6.07) is 3.32. The van der Waals surface area contributed by atoms with Gasteiger partial charge in [-0.1, -0.05) is 13.3 Å². The number of carbonyl (C=O) groups is 1. The van der Waals surface area contributed by atoms with Crippen LogP contribution in [0.15, 0.2) is 21.5 Å². The molecule has 1 aliphatic rings. The van der Waals surface area contributed by atoms with Crippen molar-refractivity contribution in [3.63, 3.8) is 0 Å². The Balaban J connectivity index is 0.00000242. The zero-order valence-corrected chi connectivity index (χ0v) is 15.5. The van der Waals surface area contributed by atoms with E-state index in [-0.39, 0.29) is 29.7 Å². The largest absolute Gasteiger partial charge is 0.454 e. The molecule has 6 nitrogen and oxygen atoms in total. The minimum atomic E-state index is -0.557. The number of furan rings is 1. The number of halogens is 1. The molecule has 1 aromatic heterocycles. The molecule has 1 heterocycles. The fraction of sp³-hybridized carbons (Fsp3) is 0.600. The third-order valence-electron chi connectivity index (χ3n) is 4.35. The van der Waals surface area contributed by atoms with E-state index in [1.165, 1.54) is 25.7 Å². The van der Waals surface area contributed by atoms with Gasteiger partial charge in [0.25, 0.3) is 5.91 Å². The Morgan fingerprint density at radius 2 is 2.14 bits per heavy atom. The molecule has 0 bridgehead atoms. The van der Waals surface area contributed by atoms with Crippen LogP contribution in [0.25, 0.3) is 0 Å². The molecule has 1 fully saturated rings. The SMILES string of the molecule is CCC1(CNC(=NC)NCc2ccc(C(N)=O)o2)CCC1.I. The molecule has 4 N–H and O–H groups in total. The molecule has 0 aliphatic heterocycles. The van der Waals surface area contributed by atoms with Gasteiger partial charge in [-0.05, 0) is 36.8 Å². The Labute approximate surface area is 148 Å². The number of hydrogen-bond acceptors (Lipinski definition) is 3. The van der Waals surface area contributed by atoms with E-state index < -0.39 is 5.91 Å². The Morgan fingerprint density at radius 1 is 1.41 bits per heavy atom. The van der Waals surface area contributed by atoms with E-state index >= 15 is 0 Å². The maximum atomic E-state index is 11.0. The van der Waals surface area contributed by atoms with Crippen LogP contribution in [0.2, 0.25) is 0 Å².